The molecule has 19 heavy (non-hydrogen) atoms. The molecular formula is C13H11BrF3NS. The average molecular weight is 350 g/mol. The second-order valence-corrected chi connectivity index (χ2v) is 5.96. The Kier molecular flexibility index (Phi) is 4.20. The summed E-state index contributed by atoms with van der Waals surface area (Å²) in [5, 5.41) is 4.82. The predicted octanol–water partition coefficient (Wildman–Crippen LogP) is 5.70. The van der Waals surface area contributed by atoms with Gasteiger partial charge in [-0.1, -0.05) is 22.0 Å². The Morgan fingerprint density at radius 1 is 1.26 bits per heavy atom. The summed E-state index contributed by atoms with van der Waals surface area (Å²) < 4.78 is 39.3. The molecule has 1 atom stereocenters. The van der Waals surface area contributed by atoms with Crippen molar-refractivity contribution < 1.29 is 13.2 Å². The minimum absolute atomic E-state index is 0.0941. The van der Waals surface area contributed by atoms with Crippen LogP contribution in [-0.2, 0) is 6.18 Å². The molecule has 0 aliphatic heterocycles. The van der Waals surface area contributed by atoms with Crippen LogP contribution in [0, 0.1) is 0 Å². The van der Waals surface area contributed by atoms with Gasteiger partial charge in [-0.3, -0.25) is 0 Å². The van der Waals surface area contributed by atoms with E-state index in [-0.39, 0.29) is 11.7 Å². The fraction of sp³-hybridized carbons (Fsp3) is 0.231. The molecule has 1 N–H and O–H groups in total. The van der Waals surface area contributed by atoms with Crippen LogP contribution < -0.4 is 5.32 Å². The number of anilines is 1. The van der Waals surface area contributed by atoms with E-state index in [4.69, 9.17) is 0 Å². The summed E-state index contributed by atoms with van der Waals surface area (Å²) in [7, 11) is 0. The van der Waals surface area contributed by atoms with Gasteiger partial charge in [-0.15, -0.1) is 11.3 Å². The zero-order valence-corrected chi connectivity index (χ0v) is 12.4. The fourth-order valence-electron chi connectivity index (χ4n) is 1.72. The van der Waals surface area contributed by atoms with E-state index in [9.17, 15) is 13.2 Å². The van der Waals surface area contributed by atoms with Gasteiger partial charge in [-0.2, -0.15) is 13.2 Å². The van der Waals surface area contributed by atoms with Crippen molar-refractivity contribution in [3.8, 4) is 0 Å². The Morgan fingerprint density at radius 2 is 2.00 bits per heavy atom. The topological polar surface area (TPSA) is 12.0 Å². The molecule has 0 aliphatic carbocycles. The van der Waals surface area contributed by atoms with E-state index in [2.05, 4.69) is 21.2 Å². The minimum Gasteiger partial charge on any atom is -0.377 e. The quantitative estimate of drug-likeness (QED) is 0.748. The summed E-state index contributed by atoms with van der Waals surface area (Å²) in [6.07, 6.45) is -4.37. The molecule has 0 bridgehead atoms. The summed E-state index contributed by atoms with van der Waals surface area (Å²) in [6.45, 7) is 1.84. The highest BCUT2D eigenvalue weighted by atomic mass is 79.9. The van der Waals surface area contributed by atoms with Crippen LogP contribution in [0.5, 0.6) is 0 Å². The lowest BCUT2D eigenvalue weighted by Gasteiger charge is -2.19. The first-order chi connectivity index (χ1) is 8.88. The Labute approximate surface area is 121 Å². The van der Waals surface area contributed by atoms with E-state index in [1.807, 2.05) is 24.4 Å². The van der Waals surface area contributed by atoms with Gasteiger partial charge in [0.05, 0.1) is 11.6 Å². The monoisotopic (exact) mass is 349 g/mol. The number of hydrogen-bond acceptors (Lipinski definition) is 2. The smallest absolute Gasteiger partial charge is 0.377 e. The number of hydrogen-bond donors (Lipinski definition) is 1. The summed E-state index contributed by atoms with van der Waals surface area (Å²) >= 11 is 4.58. The van der Waals surface area contributed by atoms with Crippen LogP contribution in [0.4, 0.5) is 18.9 Å². The van der Waals surface area contributed by atoms with Crippen molar-refractivity contribution in [1.82, 2.24) is 0 Å². The van der Waals surface area contributed by atoms with E-state index in [1.165, 1.54) is 17.4 Å². The molecule has 0 amide bonds. The molecule has 0 spiro atoms. The zero-order valence-electron chi connectivity index (χ0n) is 9.96. The highest BCUT2D eigenvalue weighted by Crippen LogP contribution is 2.38. The molecular weight excluding hydrogens is 339 g/mol. The van der Waals surface area contributed by atoms with Gasteiger partial charge in [-0.25, -0.2) is 0 Å². The number of alkyl halides is 3. The lowest BCUT2D eigenvalue weighted by molar-refractivity contribution is -0.137. The molecule has 102 valence electrons. The summed E-state index contributed by atoms with van der Waals surface area (Å²) in [4.78, 5) is 0.996. The van der Waals surface area contributed by atoms with Gasteiger partial charge in [0, 0.05) is 15.0 Å². The first-order valence-corrected chi connectivity index (χ1v) is 7.22. The van der Waals surface area contributed by atoms with Gasteiger partial charge in [-0.05, 0) is 36.6 Å². The number of halogens is 4. The fourth-order valence-corrected chi connectivity index (χ4v) is 2.81. The first-order valence-electron chi connectivity index (χ1n) is 5.54. The Morgan fingerprint density at radius 3 is 2.58 bits per heavy atom. The Balaban J connectivity index is 2.30. The van der Waals surface area contributed by atoms with E-state index in [1.54, 1.807) is 6.07 Å². The second kappa shape index (κ2) is 5.54. The third kappa shape index (κ3) is 3.51. The van der Waals surface area contributed by atoms with Crippen molar-refractivity contribution in [2.45, 2.75) is 19.1 Å². The molecule has 1 nitrogen and oxygen atoms in total. The third-order valence-electron chi connectivity index (χ3n) is 2.63. The predicted molar refractivity (Wildman–Crippen MR) is 75.5 cm³/mol. The summed E-state index contributed by atoms with van der Waals surface area (Å²) in [5.74, 6) is 0. The van der Waals surface area contributed by atoms with Crippen molar-refractivity contribution >= 4 is 33.0 Å². The van der Waals surface area contributed by atoms with E-state index in [0.717, 1.165) is 10.9 Å². The molecule has 2 rings (SSSR count). The van der Waals surface area contributed by atoms with Crippen LogP contribution in [0.25, 0.3) is 0 Å². The number of thiophene rings is 1. The maximum absolute atomic E-state index is 13.0. The van der Waals surface area contributed by atoms with Crippen LogP contribution in [0.2, 0.25) is 0 Å². The molecule has 1 heterocycles. The molecule has 0 aliphatic rings. The van der Waals surface area contributed by atoms with Crippen molar-refractivity contribution in [3.63, 3.8) is 0 Å². The zero-order chi connectivity index (χ0) is 14.0. The number of nitrogens with one attached hydrogen (secondary N) is 1. The molecule has 6 heteroatoms. The Bertz CT molecular complexity index is 552. The van der Waals surface area contributed by atoms with Crippen LogP contribution in [0.3, 0.4) is 0 Å². The van der Waals surface area contributed by atoms with Crippen LogP contribution in [0.15, 0.2) is 40.2 Å². The van der Waals surface area contributed by atoms with Crippen LogP contribution in [0.1, 0.15) is 23.4 Å². The van der Waals surface area contributed by atoms with Gasteiger partial charge in [0.2, 0.25) is 0 Å². The Hall–Kier alpha value is -1.01. The highest BCUT2D eigenvalue weighted by molar-refractivity contribution is 9.10. The lowest BCUT2D eigenvalue weighted by Crippen LogP contribution is -2.13. The summed E-state index contributed by atoms with van der Waals surface area (Å²) in [6, 6.07) is 7.74. The molecule has 0 saturated heterocycles. The largest absolute Gasteiger partial charge is 0.418 e. The van der Waals surface area contributed by atoms with Crippen molar-refractivity contribution in [2.24, 2.45) is 0 Å². The first kappa shape index (κ1) is 14.4. The number of benzene rings is 1. The maximum atomic E-state index is 13.0. The van der Waals surface area contributed by atoms with E-state index in [0.29, 0.717) is 4.47 Å². The SMILES string of the molecule is CC(Nc1ccc(Br)cc1C(F)(F)F)c1cccs1. The second-order valence-electron chi connectivity index (χ2n) is 4.07. The van der Waals surface area contributed by atoms with Gasteiger partial charge in [0.15, 0.2) is 0 Å². The molecule has 2 aromatic rings. The molecule has 0 radical (unpaired) electrons. The van der Waals surface area contributed by atoms with Gasteiger partial charge >= 0.3 is 6.18 Å². The number of rotatable bonds is 3. The normalized spacial score (nSPS) is 13.3. The van der Waals surface area contributed by atoms with E-state index < -0.39 is 11.7 Å². The maximum Gasteiger partial charge on any atom is 0.418 e. The summed E-state index contributed by atoms with van der Waals surface area (Å²) in [5.41, 5.74) is -0.568. The lowest BCUT2D eigenvalue weighted by atomic mass is 10.1. The van der Waals surface area contributed by atoms with Gasteiger partial charge < -0.3 is 5.32 Å². The van der Waals surface area contributed by atoms with Crippen molar-refractivity contribution in [1.29, 1.82) is 0 Å². The molecule has 1 aromatic heterocycles. The molecule has 1 unspecified atom stereocenters. The van der Waals surface area contributed by atoms with E-state index >= 15 is 0 Å². The molecule has 0 fully saturated rings. The molecule has 0 saturated carbocycles. The van der Waals surface area contributed by atoms with Crippen LogP contribution in [-0.4, -0.2) is 0 Å². The third-order valence-corrected chi connectivity index (χ3v) is 4.18. The van der Waals surface area contributed by atoms with Crippen molar-refractivity contribution in [2.75, 3.05) is 5.32 Å². The average Bonchev–Trinajstić information content (AvgIpc) is 2.83. The van der Waals surface area contributed by atoms with Crippen LogP contribution >= 0.6 is 27.3 Å². The van der Waals surface area contributed by atoms with Gasteiger partial charge in [0.25, 0.3) is 0 Å². The molecule has 1 aromatic carbocycles. The van der Waals surface area contributed by atoms with Crippen molar-refractivity contribution in [3.05, 3.63) is 50.6 Å². The van der Waals surface area contributed by atoms with Gasteiger partial charge in [0.1, 0.15) is 0 Å². The minimum atomic E-state index is -4.37. The highest BCUT2D eigenvalue weighted by Gasteiger charge is 2.34. The standard InChI is InChI=1S/C13H11BrF3NS/c1-8(12-3-2-6-19-12)18-11-5-4-9(14)7-10(11)13(15,16)17/h2-8,18H,1H3.